The van der Waals surface area contributed by atoms with E-state index >= 15 is 0 Å². The fraction of sp³-hybridized carbons (Fsp3) is 0.333. The van der Waals surface area contributed by atoms with Crippen LogP contribution in [0, 0.1) is 6.92 Å². The van der Waals surface area contributed by atoms with Gasteiger partial charge in [0.15, 0.2) is 0 Å². The summed E-state index contributed by atoms with van der Waals surface area (Å²) in [5.41, 5.74) is 1.13. The van der Waals surface area contributed by atoms with Gasteiger partial charge in [-0.2, -0.15) is 0 Å². The molecule has 0 fully saturated rings. The fourth-order valence-corrected chi connectivity index (χ4v) is 2.12. The predicted octanol–water partition coefficient (Wildman–Crippen LogP) is 2.86. The van der Waals surface area contributed by atoms with Crippen LogP contribution in [-0.2, 0) is 0 Å². The molecule has 5 heteroatoms. The fourth-order valence-electron chi connectivity index (χ4n) is 1.82. The first-order chi connectivity index (χ1) is 8.13. The number of rotatable bonds is 3. The normalized spacial score (nSPS) is 12.5. The van der Waals surface area contributed by atoms with E-state index in [1.165, 1.54) is 0 Å². The van der Waals surface area contributed by atoms with Crippen LogP contribution in [0.5, 0.6) is 5.75 Å². The molecule has 0 spiro atoms. The third-order valence-corrected chi connectivity index (χ3v) is 3.07. The second kappa shape index (κ2) is 4.75. The van der Waals surface area contributed by atoms with E-state index in [2.05, 4.69) is 17.1 Å². The maximum Gasteiger partial charge on any atom is 0.225 e. The van der Waals surface area contributed by atoms with Crippen LogP contribution in [0.1, 0.15) is 24.4 Å². The number of aromatic nitrogens is 3. The highest BCUT2D eigenvalue weighted by Crippen LogP contribution is 2.24. The van der Waals surface area contributed by atoms with Crippen LogP contribution in [0.4, 0.5) is 0 Å². The average molecular weight is 252 g/mol. The van der Waals surface area contributed by atoms with Crippen molar-refractivity contribution in [2.45, 2.75) is 19.9 Å². The molecule has 0 aliphatic heterocycles. The lowest BCUT2D eigenvalue weighted by Gasteiger charge is -2.15. The molecule has 0 radical (unpaired) electrons. The summed E-state index contributed by atoms with van der Waals surface area (Å²) in [6, 6.07) is 7.99. The standard InChI is InChI=1S/C12H14ClN3O/c1-8(16-9(2)14-15-12(16)13)10-4-6-11(17-3)7-5-10/h4-8H,1-3H3. The summed E-state index contributed by atoms with van der Waals surface area (Å²) in [6.07, 6.45) is 0. The van der Waals surface area contributed by atoms with Gasteiger partial charge < -0.3 is 4.74 Å². The molecular formula is C12H14ClN3O. The second-order valence-corrected chi connectivity index (χ2v) is 4.17. The minimum absolute atomic E-state index is 0.100. The molecule has 0 aliphatic carbocycles. The van der Waals surface area contributed by atoms with Crippen LogP contribution < -0.4 is 4.74 Å². The number of benzene rings is 1. The zero-order valence-electron chi connectivity index (χ0n) is 10.0. The summed E-state index contributed by atoms with van der Waals surface area (Å²) >= 11 is 6.01. The van der Waals surface area contributed by atoms with Gasteiger partial charge >= 0.3 is 0 Å². The van der Waals surface area contributed by atoms with E-state index in [0.29, 0.717) is 5.28 Å². The van der Waals surface area contributed by atoms with E-state index in [1.54, 1.807) is 7.11 Å². The molecule has 17 heavy (non-hydrogen) atoms. The van der Waals surface area contributed by atoms with Gasteiger partial charge in [-0.1, -0.05) is 12.1 Å². The van der Waals surface area contributed by atoms with Crippen LogP contribution in [0.25, 0.3) is 0 Å². The highest BCUT2D eigenvalue weighted by molar-refractivity contribution is 6.28. The summed E-state index contributed by atoms with van der Waals surface area (Å²) < 4.78 is 7.02. The average Bonchev–Trinajstić information content (AvgIpc) is 2.68. The smallest absolute Gasteiger partial charge is 0.225 e. The Morgan fingerprint density at radius 2 is 1.88 bits per heavy atom. The van der Waals surface area contributed by atoms with Crippen molar-refractivity contribution in [1.29, 1.82) is 0 Å². The number of ether oxygens (including phenoxy) is 1. The molecule has 1 heterocycles. The molecule has 90 valence electrons. The molecule has 0 amide bonds. The lowest BCUT2D eigenvalue weighted by molar-refractivity contribution is 0.414. The second-order valence-electron chi connectivity index (χ2n) is 3.84. The highest BCUT2D eigenvalue weighted by Gasteiger charge is 2.14. The molecule has 0 aliphatic rings. The number of halogens is 1. The summed E-state index contributed by atoms with van der Waals surface area (Å²) in [5.74, 6) is 1.64. The first-order valence-electron chi connectivity index (χ1n) is 5.34. The van der Waals surface area contributed by atoms with Crippen molar-refractivity contribution in [1.82, 2.24) is 14.8 Å². The quantitative estimate of drug-likeness (QED) is 0.842. The van der Waals surface area contributed by atoms with E-state index in [1.807, 2.05) is 35.8 Å². The molecule has 0 N–H and O–H groups in total. The third kappa shape index (κ3) is 2.26. The number of methoxy groups -OCH3 is 1. The van der Waals surface area contributed by atoms with E-state index in [0.717, 1.165) is 17.1 Å². The molecule has 1 aromatic carbocycles. The molecule has 0 saturated carbocycles. The monoisotopic (exact) mass is 251 g/mol. The Kier molecular flexibility index (Phi) is 3.33. The van der Waals surface area contributed by atoms with Crippen molar-refractivity contribution in [3.05, 3.63) is 40.9 Å². The van der Waals surface area contributed by atoms with Crippen molar-refractivity contribution in [2.24, 2.45) is 0 Å². The number of hydrogen-bond donors (Lipinski definition) is 0. The van der Waals surface area contributed by atoms with Crippen LogP contribution in [0.3, 0.4) is 0 Å². The van der Waals surface area contributed by atoms with Crippen LogP contribution >= 0.6 is 11.6 Å². The van der Waals surface area contributed by atoms with Gasteiger partial charge in [-0.05, 0) is 43.1 Å². The Hall–Kier alpha value is -1.55. The van der Waals surface area contributed by atoms with Crippen molar-refractivity contribution < 1.29 is 4.74 Å². The topological polar surface area (TPSA) is 39.9 Å². The number of nitrogens with zero attached hydrogens (tertiary/aromatic N) is 3. The third-order valence-electron chi connectivity index (χ3n) is 2.81. The zero-order chi connectivity index (χ0) is 12.4. The van der Waals surface area contributed by atoms with Crippen molar-refractivity contribution in [2.75, 3.05) is 7.11 Å². The summed E-state index contributed by atoms with van der Waals surface area (Å²) in [7, 11) is 1.65. The number of hydrogen-bond acceptors (Lipinski definition) is 3. The Balaban J connectivity index is 2.33. The van der Waals surface area contributed by atoms with E-state index in [4.69, 9.17) is 16.3 Å². The Morgan fingerprint density at radius 3 is 2.35 bits per heavy atom. The molecular weight excluding hydrogens is 238 g/mol. The maximum atomic E-state index is 6.01. The lowest BCUT2D eigenvalue weighted by atomic mass is 10.1. The van der Waals surface area contributed by atoms with Crippen molar-refractivity contribution in [3.63, 3.8) is 0 Å². The number of aryl methyl sites for hydroxylation is 1. The summed E-state index contributed by atoms with van der Waals surface area (Å²) in [4.78, 5) is 0. The van der Waals surface area contributed by atoms with Crippen LogP contribution in [0.15, 0.2) is 24.3 Å². The zero-order valence-corrected chi connectivity index (χ0v) is 10.8. The predicted molar refractivity (Wildman–Crippen MR) is 66.6 cm³/mol. The van der Waals surface area contributed by atoms with E-state index in [9.17, 15) is 0 Å². The van der Waals surface area contributed by atoms with Crippen LogP contribution in [0.2, 0.25) is 5.28 Å². The molecule has 1 aromatic heterocycles. The van der Waals surface area contributed by atoms with Gasteiger partial charge in [0.1, 0.15) is 11.6 Å². The van der Waals surface area contributed by atoms with Gasteiger partial charge in [-0.25, -0.2) is 0 Å². The van der Waals surface area contributed by atoms with Gasteiger partial charge in [-0.15, -0.1) is 10.2 Å². The maximum absolute atomic E-state index is 6.01. The molecule has 0 bridgehead atoms. The van der Waals surface area contributed by atoms with Gasteiger partial charge in [0.2, 0.25) is 5.28 Å². The SMILES string of the molecule is COc1ccc(C(C)n2c(C)nnc2Cl)cc1. The van der Waals surface area contributed by atoms with E-state index < -0.39 is 0 Å². The van der Waals surface area contributed by atoms with Crippen molar-refractivity contribution in [3.8, 4) is 5.75 Å². The first kappa shape index (κ1) is 11.9. The van der Waals surface area contributed by atoms with Gasteiger partial charge in [-0.3, -0.25) is 4.57 Å². The molecule has 2 aromatic rings. The molecule has 1 unspecified atom stereocenters. The minimum atomic E-state index is 0.100. The first-order valence-corrected chi connectivity index (χ1v) is 5.72. The Bertz CT molecular complexity index is 487. The van der Waals surface area contributed by atoms with Gasteiger partial charge in [0.05, 0.1) is 13.2 Å². The van der Waals surface area contributed by atoms with Crippen LogP contribution in [-0.4, -0.2) is 21.9 Å². The highest BCUT2D eigenvalue weighted by atomic mass is 35.5. The van der Waals surface area contributed by atoms with Gasteiger partial charge in [0.25, 0.3) is 0 Å². The molecule has 0 saturated heterocycles. The molecule has 4 nitrogen and oxygen atoms in total. The van der Waals surface area contributed by atoms with Gasteiger partial charge in [0, 0.05) is 0 Å². The minimum Gasteiger partial charge on any atom is -0.497 e. The Labute approximate surface area is 105 Å². The summed E-state index contributed by atoms with van der Waals surface area (Å²) in [5, 5.41) is 8.21. The summed E-state index contributed by atoms with van der Waals surface area (Å²) in [6.45, 7) is 3.95. The molecule has 1 atom stereocenters. The van der Waals surface area contributed by atoms with E-state index in [-0.39, 0.29) is 6.04 Å². The largest absolute Gasteiger partial charge is 0.497 e. The van der Waals surface area contributed by atoms with Crippen molar-refractivity contribution >= 4 is 11.6 Å². The Morgan fingerprint density at radius 1 is 1.24 bits per heavy atom. The lowest BCUT2D eigenvalue weighted by Crippen LogP contribution is -2.08. The molecule has 2 rings (SSSR count).